The molecule has 0 amide bonds. The molecular formula is C25H52N3. The quantitative estimate of drug-likeness (QED) is 0.119. The van der Waals surface area contributed by atoms with Crippen LogP contribution in [0.5, 0.6) is 0 Å². The van der Waals surface area contributed by atoms with E-state index >= 15 is 0 Å². The number of rotatable bonds is 20. The van der Waals surface area contributed by atoms with Crippen LogP contribution in [-0.2, 0) is 0 Å². The number of unbranched alkanes of at least 4 members (excludes halogenated alkanes) is 12. The van der Waals surface area contributed by atoms with Crippen molar-refractivity contribution in [2.75, 3.05) is 26.2 Å². The maximum absolute atomic E-state index is 4.99. The van der Waals surface area contributed by atoms with Crippen LogP contribution in [0.25, 0.3) is 0 Å². The fourth-order valence-corrected chi connectivity index (χ4v) is 3.46. The van der Waals surface area contributed by atoms with Gasteiger partial charge in [0.25, 0.3) is 0 Å². The molecule has 3 nitrogen and oxygen atoms in total. The third-order valence-corrected chi connectivity index (χ3v) is 5.38. The molecule has 0 aromatic heterocycles. The van der Waals surface area contributed by atoms with Crippen molar-refractivity contribution in [1.82, 2.24) is 10.2 Å². The van der Waals surface area contributed by atoms with Crippen LogP contribution >= 0.6 is 0 Å². The molecule has 0 saturated carbocycles. The summed E-state index contributed by atoms with van der Waals surface area (Å²) in [4.78, 5) is 7.51. The van der Waals surface area contributed by atoms with E-state index in [0.29, 0.717) is 0 Å². The van der Waals surface area contributed by atoms with Gasteiger partial charge in [-0.2, -0.15) is 0 Å². The Bertz CT molecular complexity index is 316. The number of aliphatic imine (C=N–C) groups is 1. The van der Waals surface area contributed by atoms with E-state index in [2.05, 4.69) is 32.6 Å². The van der Waals surface area contributed by atoms with Crippen LogP contribution in [0.3, 0.4) is 0 Å². The molecule has 0 atom stereocenters. The van der Waals surface area contributed by atoms with E-state index in [1.165, 1.54) is 103 Å². The Morgan fingerprint density at radius 2 is 0.929 bits per heavy atom. The zero-order valence-corrected chi connectivity index (χ0v) is 20.0. The van der Waals surface area contributed by atoms with E-state index in [1.807, 2.05) is 0 Å². The minimum atomic E-state index is 0.953. The van der Waals surface area contributed by atoms with E-state index in [4.69, 9.17) is 10.3 Å². The van der Waals surface area contributed by atoms with E-state index in [9.17, 15) is 0 Å². The first-order chi connectivity index (χ1) is 13.8. The number of guanidine groups is 1. The molecule has 0 heterocycles. The molecule has 0 aliphatic heterocycles. The van der Waals surface area contributed by atoms with E-state index in [0.717, 1.165) is 32.1 Å². The van der Waals surface area contributed by atoms with Crippen molar-refractivity contribution in [3.8, 4) is 0 Å². The summed E-state index contributed by atoms with van der Waals surface area (Å²) in [7, 11) is 0. The standard InChI is InChI=1S/C25H52N3/c1-5-9-13-17-21-26-25(27-22-18-14-10-6-2)28(23-19-15-11-7-3)24-20-16-12-8-4/h5-24H2,1-4H3. The second-order valence-corrected chi connectivity index (χ2v) is 8.29. The summed E-state index contributed by atoms with van der Waals surface area (Å²) < 4.78 is 0. The second kappa shape index (κ2) is 22.6. The highest BCUT2D eigenvalue weighted by Crippen LogP contribution is 2.08. The second-order valence-electron chi connectivity index (χ2n) is 8.29. The monoisotopic (exact) mass is 394 g/mol. The molecule has 28 heavy (non-hydrogen) atoms. The molecule has 0 unspecified atom stereocenters. The van der Waals surface area contributed by atoms with Crippen LogP contribution in [0.4, 0.5) is 0 Å². The summed E-state index contributed by atoms with van der Waals surface area (Å²) in [5, 5.41) is 4.99. The van der Waals surface area contributed by atoms with Gasteiger partial charge in [0.1, 0.15) is 0 Å². The molecule has 0 aromatic carbocycles. The smallest absolute Gasteiger partial charge is 0.215 e. The van der Waals surface area contributed by atoms with Gasteiger partial charge in [-0.3, -0.25) is 10.3 Å². The van der Waals surface area contributed by atoms with Crippen LogP contribution < -0.4 is 5.32 Å². The molecule has 0 bridgehead atoms. The average molecular weight is 395 g/mol. The number of nitrogens with zero attached hydrogens (tertiary/aromatic N) is 3. The van der Waals surface area contributed by atoms with Gasteiger partial charge >= 0.3 is 0 Å². The first kappa shape index (κ1) is 27.3. The van der Waals surface area contributed by atoms with E-state index < -0.39 is 0 Å². The Kier molecular flexibility index (Phi) is 22.0. The Hall–Kier alpha value is -0.730. The van der Waals surface area contributed by atoms with Crippen LogP contribution in [0.1, 0.15) is 130 Å². The van der Waals surface area contributed by atoms with Crippen molar-refractivity contribution in [3.63, 3.8) is 0 Å². The molecule has 0 saturated heterocycles. The van der Waals surface area contributed by atoms with Crippen molar-refractivity contribution >= 4 is 5.96 Å². The summed E-state index contributed by atoms with van der Waals surface area (Å²) in [6.45, 7) is 13.3. The molecule has 0 N–H and O–H groups in total. The lowest BCUT2D eigenvalue weighted by Gasteiger charge is -2.26. The van der Waals surface area contributed by atoms with Gasteiger partial charge in [0.2, 0.25) is 5.96 Å². The van der Waals surface area contributed by atoms with E-state index in [1.54, 1.807) is 0 Å². The third kappa shape index (κ3) is 17.4. The lowest BCUT2D eigenvalue weighted by molar-refractivity contribution is 0.371. The normalized spacial score (nSPS) is 11.8. The summed E-state index contributed by atoms with van der Waals surface area (Å²) in [6, 6.07) is 0. The molecule has 0 spiro atoms. The maximum atomic E-state index is 4.99. The lowest BCUT2D eigenvalue weighted by Crippen LogP contribution is -2.39. The van der Waals surface area contributed by atoms with Crippen molar-refractivity contribution in [3.05, 3.63) is 0 Å². The Morgan fingerprint density at radius 3 is 1.39 bits per heavy atom. The first-order valence-corrected chi connectivity index (χ1v) is 12.8. The van der Waals surface area contributed by atoms with Crippen molar-refractivity contribution in [1.29, 1.82) is 0 Å². The van der Waals surface area contributed by atoms with Crippen molar-refractivity contribution < 1.29 is 0 Å². The Morgan fingerprint density at radius 1 is 0.500 bits per heavy atom. The molecule has 0 aliphatic rings. The molecular weight excluding hydrogens is 342 g/mol. The highest BCUT2D eigenvalue weighted by molar-refractivity contribution is 5.79. The van der Waals surface area contributed by atoms with Crippen LogP contribution in [0.15, 0.2) is 4.99 Å². The van der Waals surface area contributed by atoms with Crippen molar-refractivity contribution in [2.45, 2.75) is 130 Å². The zero-order valence-electron chi connectivity index (χ0n) is 20.0. The largest absolute Gasteiger partial charge is 0.341 e. The molecule has 0 aromatic rings. The van der Waals surface area contributed by atoms with Gasteiger partial charge in [0.15, 0.2) is 0 Å². The van der Waals surface area contributed by atoms with Gasteiger partial charge in [-0.05, 0) is 25.7 Å². The van der Waals surface area contributed by atoms with Gasteiger partial charge in [-0.15, -0.1) is 0 Å². The fraction of sp³-hybridized carbons (Fsp3) is 0.960. The zero-order chi connectivity index (χ0) is 20.7. The maximum Gasteiger partial charge on any atom is 0.215 e. The van der Waals surface area contributed by atoms with Gasteiger partial charge in [-0.25, -0.2) is 0 Å². The highest BCUT2D eigenvalue weighted by atomic mass is 15.3. The van der Waals surface area contributed by atoms with Gasteiger partial charge in [0.05, 0.1) is 0 Å². The summed E-state index contributed by atoms with van der Waals surface area (Å²) >= 11 is 0. The average Bonchev–Trinajstić information content (AvgIpc) is 2.71. The first-order valence-electron chi connectivity index (χ1n) is 12.8. The number of hydrogen-bond acceptors (Lipinski definition) is 1. The fourth-order valence-electron chi connectivity index (χ4n) is 3.46. The topological polar surface area (TPSA) is 29.7 Å². The van der Waals surface area contributed by atoms with E-state index in [-0.39, 0.29) is 0 Å². The molecule has 0 aliphatic carbocycles. The summed E-state index contributed by atoms with van der Waals surface area (Å²) in [5.74, 6) is 1.07. The summed E-state index contributed by atoms with van der Waals surface area (Å²) in [5.41, 5.74) is 0. The SMILES string of the molecule is CCCCCC[N]C(=NCCCCCC)N(CCCCCC)CCCCCC. The van der Waals surface area contributed by atoms with Crippen molar-refractivity contribution in [2.24, 2.45) is 4.99 Å². The lowest BCUT2D eigenvalue weighted by atomic mass is 10.1. The highest BCUT2D eigenvalue weighted by Gasteiger charge is 2.12. The predicted molar refractivity (Wildman–Crippen MR) is 127 cm³/mol. The molecule has 0 fully saturated rings. The molecule has 1 radical (unpaired) electrons. The minimum absolute atomic E-state index is 0.953. The third-order valence-electron chi connectivity index (χ3n) is 5.38. The minimum Gasteiger partial charge on any atom is -0.341 e. The Balaban J connectivity index is 4.71. The van der Waals surface area contributed by atoms with Gasteiger partial charge in [0, 0.05) is 26.2 Å². The predicted octanol–water partition coefficient (Wildman–Crippen LogP) is 7.57. The van der Waals surface area contributed by atoms with Crippen LogP contribution in [0, 0.1) is 0 Å². The Labute approximate surface area is 178 Å². The van der Waals surface area contributed by atoms with Gasteiger partial charge in [-0.1, -0.05) is 105 Å². The summed E-state index contributed by atoms with van der Waals surface area (Å²) in [6.07, 6.45) is 20.8. The van der Waals surface area contributed by atoms with Crippen LogP contribution in [-0.4, -0.2) is 37.0 Å². The molecule has 3 heteroatoms. The van der Waals surface area contributed by atoms with Gasteiger partial charge < -0.3 is 4.90 Å². The van der Waals surface area contributed by atoms with Crippen LogP contribution in [0.2, 0.25) is 0 Å². The molecule has 167 valence electrons. The number of hydrogen-bond donors (Lipinski definition) is 0. The molecule has 0 rings (SSSR count).